The Kier molecular flexibility index (Phi) is 7.15. The normalized spacial score (nSPS) is 17.0. The Labute approximate surface area is 246 Å². The van der Waals surface area contributed by atoms with Gasteiger partial charge in [0.05, 0.1) is 16.3 Å². The first-order valence-electron chi connectivity index (χ1n) is 14.0. The van der Waals surface area contributed by atoms with E-state index in [1.54, 1.807) is 18.3 Å². The fraction of sp³-hybridized carbons (Fsp3) is 0.219. The van der Waals surface area contributed by atoms with Crippen LogP contribution in [0.1, 0.15) is 24.2 Å². The molecule has 0 radical (unpaired) electrons. The number of anilines is 1. The number of para-hydroxylation sites is 1. The van der Waals surface area contributed by atoms with Gasteiger partial charge in [0.25, 0.3) is 11.1 Å². The van der Waals surface area contributed by atoms with Crippen LogP contribution in [-0.4, -0.2) is 45.7 Å². The van der Waals surface area contributed by atoms with Crippen molar-refractivity contribution in [3.8, 4) is 11.5 Å². The first-order valence-corrected chi connectivity index (χ1v) is 14.8. The number of aromatic nitrogens is 3. The van der Waals surface area contributed by atoms with Crippen LogP contribution in [0.3, 0.4) is 0 Å². The van der Waals surface area contributed by atoms with Crippen LogP contribution < -0.4 is 15.5 Å². The highest BCUT2D eigenvalue weighted by Crippen LogP contribution is 2.30. The summed E-state index contributed by atoms with van der Waals surface area (Å²) in [5, 5.41) is 8.93. The van der Waals surface area contributed by atoms with E-state index in [-0.39, 0.29) is 11.1 Å². The van der Waals surface area contributed by atoms with E-state index in [9.17, 15) is 9.59 Å². The van der Waals surface area contributed by atoms with Gasteiger partial charge in [-0.15, -0.1) is 0 Å². The summed E-state index contributed by atoms with van der Waals surface area (Å²) in [4.78, 5) is 40.0. The maximum absolute atomic E-state index is 11.9. The first kappa shape index (κ1) is 26.4. The van der Waals surface area contributed by atoms with Gasteiger partial charge in [-0.25, -0.2) is 15.0 Å². The lowest BCUT2D eigenvalue weighted by molar-refractivity contribution is -0.115. The average Bonchev–Trinajstić information content (AvgIpc) is 3.59. The SMILES string of the molecule is O=C1NC(=O)/C(=C\c2ccnc(N3CCC(CNCc4nc(-c5cc6ccccc6o5)cc5ccccc45)CC3)n2)S1. The van der Waals surface area contributed by atoms with Crippen molar-refractivity contribution in [3.05, 3.63) is 89.2 Å². The molecule has 2 saturated heterocycles. The lowest BCUT2D eigenvalue weighted by atomic mass is 9.97. The number of benzene rings is 2. The van der Waals surface area contributed by atoms with E-state index in [0.717, 1.165) is 83.1 Å². The molecule has 0 unspecified atom stereocenters. The summed E-state index contributed by atoms with van der Waals surface area (Å²) in [6.45, 7) is 3.26. The van der Waals surface area contributed by atoms with E-state index < -0.39 is 0 Å². The number of carbonyl (C=O) groups excluding carboxylic acids is 2. The molecular formula is C32H28N6O3S. The van der Waals surface area contributed by atoms with Crippen molar-refractivity contribution >= 4 is 56.7 Å². The molecule has 2 amide bonds. The van der Waals surface area contributed by atoms with E-state index >= 15 is 0 Å². The molecule has 2 aliphatic rings. The quantitative estimate of drug-likeness (QED) is 0.233. The van der Waals surface area contributed by atoms with E-state index in [0.29, 0.717) is 29.0 Å². The number of rotatable bonds is 7. The number of nitrogens with one attached hydrogen (secondary N) is 2. The Morgan fingerprint density at radius 1 is 1.00 bits per heavy atom. The van der Waals surface area contributed by atoms with Gasteiger partial charge in [0, 0.05) is 36.6 Å². The fourth-order valence-electron chi connectivity index (χ4n) is 5.52. The van der Waals surface area contributed by atoms with Crippen LogP contribution in [0.15, 0.2) is 82.2 Å². The Hall–Kier alpha value is -4.54. The van der Waals surface area contributed by atoms with Gasteiger partial charge in [-0.3, -0.25) is 14.9 Å². The van der Waals surface area contributed by atoms with Crippen LogP contribution in [0.25, 0.3) is 39.3 Å². The predicted molar refractivity (Wildman–Crippen MR) is 165 cm³/mol. The standard InChI is InChI=1S/C32H28N6O3S/c39-30-29(42-32(40)37-30)17-23-9-12-34-31(35-23)38-13-10-20(11-14-38)18-33-19-26-24-7-3-1-5-21(24)15-25(36-26)28-16-22-6-2-4-8-27(22)41-28/h1-9,12,15-17,20,33H,10-11,13-14,18-19H2,(H,37,39,40)/b29-17+. The minimum Gasteiger partial charge on any atom is -0.454 e. The number of amides is 2. The molecule has 2 aromatic carbocycles. The van der Waals surface area contributed by atoms with Crippen molar-refractivity contribution in [2.45, 2.75) is 19.4 Å². The highest BCUT2D eigenvalue weighted by atomic mass is 32.2. The molecule has 0 spiro atoms. The summed E-state index contributed by atoms with van der Waals surface area (Å²) in [6.07, 6.45) is 5.36. The van der Waals surface area contributed by atoms with Gasteiger partial charge >= 0.3 is 0 Å². The van der Waals surface area contributed by atoms with Gasteiger partial charge in [-0.05, 0) is 72.8 Å². The highest BCUT2D eigenvalue weighted by Gasteiger charge is 2.26. The first-order chi connectivity index (χ1) is 20.6. The topological polar surface area (TPSA) is 113 Å². The van der Waals surface area contributed by atoms with Gasteiger partial charge in [0.2, 0.25) is 5.95 Å². The Morgan fingerprint density at radius 2 is 1.81 bits per heavy atom. The second-order valence-corrected chi connectivity index (χ2v) is 11.5. The molecule has 9 nitrogen and oxygen atoms in total. The number of hydrogen-bond donors (Lipinski definition) is 2. The number of imide groups is 1. The lowest BCUT2D eigenvalue weighted by Gasteiger charge is -2.32. The maximum Gasteiger partial charge on any atom is 0.290 e. The third-order valence-corrected chi connectivity index (χ3v) is 8.52. The van der Waals surface area contributed by atoms with Crippen molar-refractivity contribution in [1.82, 2.24) is 25.6 Å². The minimum absolute atomic E-state index is 0.347. The molecule has 5 heterocycles. The van der Waals surface area contributed by atoms with Crippen molar-refractivity contribution < 1.29 is 14.0 Å². The molecule has 210 valence electrons. The summed E-state index contributed by atoms with van der Waals surface area (Å²) in [7, 11) is 0. The summed E-state index contributed by atoms with van der Waals surface area (Å²) < 4.78 is 6.12. The third-order valence-electron chi connectivity index (χ3n) is 7.71. The monoisotopic (exact) mass is 576 g/mol. The van der Waals surface area contributed by atoms with E-state index in [1.165, 1.54) is 0 Å². The number of piperidine rings is 1. The highest BCUT2D eigenvalue weighted by molar-refractivity contribution is 8.18. The molecule has 0 bridgehead atoms. The van der Waals surface area contributed by atoms with Crippen molar-refractivity contribution in [3.63, 3.8) is 0 Å². The number of pyridine rings is 1. The summed E-state index contributed by atoms with van der Waals surface area (Å²) in [6, 6.07) is 22.3. The number of furan rings is 1. The summed E-state index contributed by atoms with van der Waals surface area (Å²) in [5.74, 6) is 1.56. The van der Waals surface area contributed by atoms with Gasteiger partial charge in [-0.2, -0.15) is 0 Å². The molecule has 0 saturated carbocycles. The van der Waals surface area contributed by atoms with Crippen molar-refractivity contribution in [2.24, 2.45) is 5.92 Å². The minimum atomic E-state index is -0.386. The zero-order valence-electron chi connectivity index (χ0n) is 22.7. The average molecular weight is 577 g/mol. The molecule has 0 aliphatic carbocycles. The van der Waals surface area contributed by atoms with Crippen LogP contribution in [0.2, 0.25) is 0 Å². The lowest BCUT2D eigenvalue weighted by Crippen LogP contribution is -2.38. The predicted octanol–water partition coefficient (Wildman–Crippen LogP) is 5.77. The molecule has 2 fully saturated rings. The number of hydrogen-bond acceptors (Lipinski definition) is 9. The Bertz CT molecular complexity index is 1810. The van der Waals surface area contributed by atoms with Gasteiger partial charge in [-0.1, -0.05) is 42.5 Å². The smallest absolute Gasteiger partial charge is 0.290 e. The molecule has 7 rings (SSSR count). The second kappa shape index (κ2) is 11.4. The molecule has 0 atom stereocenters. The van der Waals surface area contributed by atoms with E-state index in [4.69, 9.17) is 9.40 Å². The zero-order valence-corrected chi connectivity index (χ0v) is 23.6. The van der Waals surface area contributed by atoms with Gasteiger partial charge < -0.3 is 14.6 Å². The molecule has 2 N–H and O–H groups in total. The van der Waals surface area contributed by atoms with E-state index in [2.05, 4.69) is 68.0 Å². The largest absolute Gasteiger partial charge is 0.454 e. The van der Waals surface area contributed by atoms with Gasteiger partial charge in [0.1, 0.15) is 11.3 Å². The zero-order chi connectivity index (χ0) is 28.5. The van der Waals surface area contributed by atoms with Crippen LogP contribution in [0.5, 0.6) is 0 Å². The van der Waals surface area contributed by atoms with Crippen molar-refractivity contribution in [1.29, 1.82) is 0 Å². The molecule has 2 aliphatic heterocycles. The Balaban J connectivity index is 0.990. The number of nitrogens with zero attached hydrogens (tertiary/aromatic N) is 4. The van der Waals surface area contributed by atoms with Crippen LogP contribution in [0.4, 0.5) is 10.7 Å². The Morgan fingerprint density at radius 3 is 2.62 bits per heavy atom. The number of fused-ring (bicyclic) bond motifs is 2. The summed E-state index contributed by atoms with van der Waals surface area (Å²) in [5.41, 5.74) is 3.32. The molecule has 3 aromatic heterocycles. The van der Waals surface area contributed by atoms with Crippen LogP contribution >= 0.6 is 11.8 Å². The van der Waals surface area contributed by atoms with Crippen LogP contribution in [-0.2, 0) is 11.3 Å². The molecular weight excluding hydrogens is 548 g/mol. The number of thioether (sulfide) groups is 1. The summed E-state index contributed by atoms with van der Waals surface area (Å²) >= 11 is 0.888. The van der Waals surface area contributed by atoms with E-state index in [1.807, 2.05) is 18.2 Å². The molecule has 10 heteroatoms. The molecule has 5 aromatic rings. The van der Waals surface area contributed by atoms with Gasteiger partial charge in [0.15, 0.2) is 5.76 Å². The molecule has 42 heavy (non-hydrogen) atoms. The fourth-order valence-corrected chi connectivity index (χ4v) is 6.19. The second-order valence-electron chi connectivity index (χ2n) is 10.5. The van der Waals surface area contributed by atoms with Crippen LogP contribution in [0, 0.1) is 5.92 Å². The maximum atomic E-state index is 11.9. The number of carbonyl (C=O) groups is 2. The van der Waals surface area contributed by atoms with Crippen molar-refractivity contribution in [2.75, 3.05) is 24.5 Å². The third kappa shape index (κ3) is 5.50.